The predicted octanol–water partition coefficient (Wildman–Crippen LogP) is 4.25. The summed E-state index contributed by atoms with van der Waals surface area (Å²) in [5.74, 6) is 2.98. The number of aliphatic hydroxyl groups is 1. The van der Waals surface area contributed by atoms with Crippen molar-refractivity contribution >= 4 is 5.91 Å². The number of hydrogen-bond acceptors (Lipinski definition) is 5. The number of benzene rings is 2. The summed E-state index contributed by atoms with van der Waals surface area (Å²) in [7, 11) is 0. The number of carbonyl (C=O) groups excluding carboxylic acids is 1. The summed E-state index contributed by atoms with van der Waals surface area (Å²) < 4.78 is 5.34. The lowest BCUT2D eigenvalue weighted by Gasteiger charge is -2.20. The largest absolute Gasteiger partial charge is 0.428 e. The number of fused-ring (bicyclic) bond motifs is 1. The van der Waals surface area contributed by atoms with E-state index < -0.39 is 0 Å². The summed E-state index contributed by atoms with van der Waals surface area (Å²) in [4.78, 5) is 14.9. The minimum absolute atomic E-state index is 0.116. The number of rotatable bonds is 6. The Morgan fingerprint density at radius 2 is 1.82 bits per heavy atom. The monoisotopic (exact) mass is 443 g/mol. The van der Waals surface area contributed by atoms with Gasteiger partial charge in [-0.2, -0.15) is 0 Å². The van der Waals surface area contributed by atoms with Crippen LogP contribution in [0.25, 0.3) is 0 Å². The van der Waals surface area contributed by atoms with Crippen LogP contribution in [0.5, 0.6) is 0 Å². The first-order chi connectivity index (χ1) is 16.2. The maximum absolute atomic E-state index is 13.0. The molecule has 1 aliphatic heterocycles. The molecule has 0 spiro atoms. The van der Waals surface area contributed by atoms with Gasteiger partial charge in [0.15, 0.2) is 0 Å². The molecule has 2 aromatic carbocycles. The van der Waals surface area contributed by atoms with E-state index >= 15 is 0 Å². The molecule has 1 unspecified atom stereocenters. The van der Waals surface area contributed by atoms with Crippen molar-refractivity contribution in [2.24, 2.45) is 23.7 Å². The van der Waals surface area contributed by atoms with E-state index in [1.54, 1.807) is 0 Å². The van der Waals surface area contributed by atoms with Gasteiger partial charge >= 0.3 is 0 Å². The summed E-state index contributed by atoms with van der Waals surface area (Å²) in [6, 6.07) is 18.2. The lowest BCUT2D eigenvalue weighted by molar-refractivity contribution is 0.0771. The molecule has 1 aromatic heterocycles. The SMILES string of the molecule is O=C(c1ccc(C[C@@H]2CC[C@H]([C@H](O)c3ccccc3)C2)cc1)N1C[C@@H]2C(c3nnco3)[C@@H]2C1. The summed E-state index contributed by atoms with van der Waals surface area (Å²) in [6.45, 7) is 1.54. The Bertz CT molecular complexity index is 1090. The van der Waals surface area contributed by atoms with Gasteiger partial charge in [0.25, 0.3) is 5.91 Å². The van der Waals surface area contributed by atoms with Gasteiger partial charge in [0.1, 0.15) is 0 Å². The Balaban J connectivity index is 1.02. The van der Waals surface area contributed by atoms with Crippen LogP contribution in [0, 0.1) is 23.7 Å². The van der Waals surface area contributed by atoms with Gasteiger partial charge in [-0.05, 0) is 72.6 Å². The first-order valence-electron chi connectivity index (χ1n) is 12.0. The molecule has 0 radical (unpaired) electrons. The van der Waals surface area contributed by atoms with E-state index in [4.69, 9.17) is 4.42 Å². The molecule has 3 aliphatic rings. The van der Waals surface area contributed by atoms with Crippen LogP contribution >= 0.6 is 0 Å². The normalized spacial score (nSPS) is 29.1. The van der Waals surface area contributed by atoms with Crippen LogP contribution in [0.4, 0.5) is 0 Å². The maximum atomic E-state index is 13.0. The van der Waals surface area contributed by atoms with Crippen molar-refractivity contribution in [2.75, 3.05) is 13.1 Å². The summed E-state index contributed by atoms with van der Waals surface area (Å²) in [5, 5.41) is 18.6. The Kier molecular flexibility index (Phi) is 5.25. The van der Waals surface area contributed by atoms with Crippen LogP contribution < -0.4 is 0 Å². The Morgan fingerprint density at radius 3 is 2.52 bits per heavy atom. The average molecular weight is 444 g/mol. The first-order valence-corrected chi connectivity index (χ1v) is 12.0. The number of nitrogens with zero attached hydrogens (tertiary/aromatic N) is 3. The number of carbonyl (C=O) groups is 1. The van der Waals surface area contributed by atoms with Gasteiger partial charge < -0.3 is 14.4 Å². The highest BCUT2D eigenvalue weighted by molar-refractivity contribution is 5.94. The number of hydrogen-bond donors (Lipinski definition) is 1. The van der Waals surface area contributed by atoms with Crippen LogP contribution in [0.2, 0.25) is 0 Å². The Morgan fingerprint density at radius 1 is 1.06 bits per heavy atom. The van der Waals surface area contributed by atoms with E-state index in [1.165, 1.54) is 12.0 Å². The third-order valence-corrected chi connectivity index (χ3v) is 8.04. The quantitative estimate of drug-likeness (QED) is 0.616. The molecule has 1 amide bonds. The minimum Gasteiger partial charge on any atom is -0.428 e. The number of amides is 1. The fraction of sp³-hybridized carbons (Fsp3) is 0.444. The Hall–Kier alpha value is -2.99. The molecule has 33 heavy (non-hydrogen) atoms. The zero-order valence-corrected chi connectivity index (χ0v) is 18.6. The molecule has 2 heterocycles. The molecular weight excluding hydrogens is 414 g/mol. The standard InChI is InChI=1S/C27H29N3O3/c31-25(19-4-2-1-3-5-19)21-11-8-18(13-21)12-17-6-9-20(10-7-17)27(32)30-14-22-23(15-30)24(22)26-29-28-16-33-26/h1-7,9-10,16,18,21-25,31H,8,11-15H2/t18-,21-,22-,23+,24?,25+/m0/s1. The second-order valence-electron chi connectivity index (χ2n) is 10.0. The molecule has 6 heteroatoms. The molecule has 170 valence electrons. The third-order valence-electron chi connectivity index (χ3n) is 8.04. The molecule has 3 aromatic rings. The van der Waals surface area contributed by atoms with E-state index in [9.17, 15) is 9.90 Å². The molecule has 3 fully saturated rings. The van der Waals surface area contributed by atoms with E-state index in [2.05, 4.69) is 22.3 Å². The summed E-state index contributed by atoms with van der Waals surface area (Å²) >= 11 is 0. The zero-order valence-electron chi connectivity index (χ0n) is 18.6. The minimum atomic E-state index is -0.373. The number of aliphatic hydroxyl groups excluding tert-OH is 1. The van der Waals surface area contributed by atoms with Gasteiger partial charge in [-0.1, -0.05) is 42.5 Å². The van der Waals surface area contributed by atoms with Crippen molar-refractivity contribution in [3.05, 3.63) is 83.6 Å². The molecule has 1 N–H and O–H groups in total. The first kappa shape index (κ1) is 20.6. The van der Waals surface area contributed by atoms with E-state index in [1.807, 2.05) is 47.4 Å². The lowest BCUT2D eigenvalue weighted by Crippen LogP contribution is -2.31. The fourth-order valence-corrected chi connectivity index (χ4v) is 6.19. The van der Waals surface area contributed by atoms with Crippen molar-refractivity contribution in [3.8, 4) is 0 Å². The van der Waals surface area contributed by atoms with Crippen LogP contribution in [-0.4, -0.2) is 39.2 Å². The Labute approximate surface area is 193 Å². The highest BCUT2D eigenvalue weighted by atomic mass is 16.4. The number of likely N-dealkylation sites (tertiary alicyclic amines) is 1. The summed E-state index contributed by atoms with van der Waals surface area (Å²) in [5.41, 5.74) is 3.05. The van der Waals surface area contributed by atoms with Crippen molar-refractivity contribution in [3.63, 3.8) is 0 Å². The van der Waals surface area contributed by atoms with Crippen LogP contribution in [0.1, 0.15) is 58.7 Å². The maximum Gasteiger partial charge on any atom is 0.253 e. The van der Waals surface area contributed by atoms with E-state index in [0.29, 0.717) is 35.5 Å². The van der Waals surface area contributed by atoms with Crippen molar-refractivity contribution in [2.45, 2.75) is 37.7 Å². The lowest BCUT2D eigenvalue weighted by atomic mass is 9.91. The predicted molar refractivity (Wildman–Crippen MR) is 122 cm³/mol. The molecule has 6 nitrogen and oxygen atoms in total. The number of piperidine rings is 1. The van der Waals surface area contributed by atoms with Crippen molar-refractivity contribution in [1.82, 2.24) is 15.1 Å². The molecule has 0 bridgehead atoms. The smallest absolute Gasteiger partial charge is 0.253 e. The molecule has 2 saturated carbocycles. The number of aromatic nitrogens is 2. The second-order valence-corrected chi connectivity index (χ2v) is 10.0. The van der Waals surface area contributed by atoms with Gasteiger partial charge in [-0.3, -0.25) is 4.79 Å². The summed E-state index contributed by atoms with van der Waals surface area (Å²) in [6.07, 6.45) is 5.28. The fourth-order valence-electron chi connectivity index (χ4n) is 6.19. The van der Waals surface area contributed by atoms with Gasteiger partial charge in [0.05, 0.1) is 6.10 Å². The molecule has 1 saturated heterocycles. The highest BCUT2D eigenvalue weighted by Crippen LogP contribution is 2.57. The molecule has 6 atom stereocenters. The van der Waals surface area contributed by atoms with Crippen LogP contribution in [-0.2, 0) is 6.42 Å². The van der Waals surface area contributed by atoms with Gasteiger partial charge in [-0.25, -0.2) is 0 Å². The van der Waals surface area contributed by atoms with Gasteiger partial charge in [0, 0.05) is 24.6 Å². The molecule has 2 aliphatic carbocycles. The van der Waals surface area contributed by atoms with Crippen molar-refractivity contribution < 1.29 is 14.3 Å². The topological polar surface area (TPSA) is 79.5 Å². The molecule has 6 rings (SSSR count). The van der Waals surface area contributed by atoms with Crippen LogP contribution in [0.3, 0.4) is 0 Å². The average Bonchev–Trinajstić information content (AvgIpc) is 3.38. The highest BCUT2D eigenvalue weighted by Gasteiger charge is 2.59. The van der Waals surface area contributed by atoms with Crippen LogP contribution in [0.15, 0.2) is 65.4 Å². The van der Waals surface area contributed by atoms with Gasteiger partial charge in [-0.15, -0.1) is 10.2 Å². The van der Waals surface area contributed by atoms with E-state index in [-0.39, 0.29) is 12.0 Å². The third kappa shape index (κ3) is 3.97. The van der Waals surface area contributed by atoms with E-state index in [0.717, 1.165) is 49.9 Å². The van der Waals surface area contributed by atoms with Crippen molar-refractivity contribution in [1.29, 1.82) is 0 Å². The molecular formula is C27H29N3O3. The second kappa shape index (κ2) is 8.41. The zero-order chi connectivity index (χ0) is 22.4. The van der Waals surface area contributed by atoms with Gasteiger partial charge in [0.2, 0.25) is 12.3 Å².